The van der Waals surface area contributed by atoms with Crippen LogP contribution in [0.4, 0.5) is 0 Å². The van der Waals surface area contributed by atoms with E-state index in [0.717, 1.165) is 26.5 Å². The van der Waals surface area contributed by atoms with Crippen molar-refractivity contribution in [3.05, 3.63) is 125 Å². The van der Waals surface area contributed by atoms with Gasteiger partial charge in [-0.25, -0.2) is 8.42 Å². The number of fused-ring (bicyclic) bond motifs is 2. The summed E-state index contributed by atoms with van der Waals surface area (Å²) in [5.74, 6) is 0. The molecule has 0 saturated carbocycles. The molecule has 0 aliphatic carbocycles. The van der Waals surface area contributed by atoms with Crippen LogP contribution in [0.2, 0.25) is 0 Å². The first-order chi connectivity index (χ1) is 15.4. The van der Waals surface area contributed by atoms with Gasteiger partial charge in [0.05, 0.1) is 10.3 Å². The molecular formula is C27H24NO2S2+. The quantitative estimate of drug-likeness (QED) is 0.405. The van der Waals surface area contributed by atoms with Crippen LogP contribution in [-0.4, -0.2) is 8.42 Å². The summed E-state index contributed by atoms with van der Waals surface area (Å²) in [7, 11) is -3.70. The van der Waals surface area contributed by atoms with Gasteiger partial charge in [0, 0.05) is 11.1 Å². The van der Waals surface area contributed by atoms with Crippen molar-refractivity contribution in [3.8, 4) is 0 Å². The Balaban J connectivity index is 1.70. The van der Waals surface area contributed by atoms with E-state index >= 15 is 0 Å². The smallest absolute Gasteiger partial charge is 0.203 e. The molecule has 0 radical (unpaired) electrons. The number of hydrogen-bond donors (Lipinski definition) is 1. The Morgan fingerprint density at radius 1 is 0.688 bits per heavy atom. The van der Waals surface area contributed by atoms with Crippen LogP contribution in [-0.2, 0) is 26.5 Å². The Kier molecular flexibility index (Phi) is 5.20. The molecule has 32 heavy (non-hydrogen) atoms. The second kappa shape index (κ2) is 7.93. The van der Waals surface area contributed by atoms with E-state index in [1.54, 1.807) is 12.1 Å². The Bertz CT molecular complexity index is 1330. The first-order valence-corrected chi connectivity index (χ1v) is 13.2. The number of rotatable bonds is 4. The Labute approximate surface area is 192 Å². The Morgan fingerprint density at radius 3 is 1.75 bits per heavy atom. The third-order valence-electron chi connectivity index (χ3n) is 6.17. The lowest BCUT2D eigenvalue weighted by Crippen LogP contribution is -2.40. The second-order valence-corrected chi connectivity index (χ2v) is 11.8. The van der Waals surface area contributed by atoms with E-state index in [0.29, 0.717) is 0 Å². The maximum atomic E-state index is 13.4. The lowest BCUT2D eigenvalue weighted by atomic mass is 9.71. The van der Waals surface area contributed by atoms with Gasteiger partial charge in [-0.2, -0.15) is 0 Å². The van der Waals surface area contributed by atoms with E-state index in [9.17, 15) is 8.42 Å². The highest BCUT2D eigenvalue weighted by Crippen LogP contribution is 2.49. The van der Waals surface area contributed by atoms with Gasteiger partial charge in [0.2, 0.25) is 0 Å². The molecule has 1 N–H and O–H groups in total. The van der Waals surface area contributed by atoms with E-state index in [4.69, 9.17) is 0 Å². The van der Waals surface area contributed by atoms with Gasteiger partial charge < -0.3 is 0 Å². The first-order valence-electron chi connectivity index (χ1n) is 10.5. The first kappa shape index (κ1) is 21.0. The average Bonchev–Trinajstić information content (AvgIpc) is 2.82. The molecular weight excluding hydrogens is 434 g/mol. The fourth-order valence-corrected chi connectivity index (χ4v) is 8.55. The highest BCUT2D eigenvalue weighted by molar-refractivity contribution is 8.07. The van der Waals surface area contributed by atoms with Crippen LogP contribution in [0.3, 0.4) is 0 Å². The average molecular weight is 459 g/mol. The molecule has 1 aliphatic rings. The number of benzene rings is 4. The maximum absolute atomic E-state index is 13.4. The molecule has 4 aromatic carbocycles. The van der Waals surface area contributed by atoms with Gasteiger partial charge in [-0.05, 0) is 47.8 Å². The van der Waals surface area contributed by atoms with E-state index in [1.165, 1.54) is 5.56 Å². The zero-order valence-corrected chi connectivity index (χ0v) is 19.6. The Hall–Kier alpha value is -2.86. The second-order valence-electron chi connectivity index (χ2n) is 8.19. The van der Waals surface area contributed by atoms with Crippen molar-refractivity contribution in [2.24, 2.45) is 0 Å². The van der Waals surface area contributed by atoms with Gasteiger partial charge in [-0.15, -0.1) is 0 Å². The molecule has 5 heteroatoms. The van der Waals surface area contributed by atoms with Gasteiger partial charge >= 0.3 is 0 Å². The molecule has 1 aliphatic heterocycles. The van der Waals surface area contributed by atoms with Crippen LogP contribution in [0.15, 0.2) is 118 Å². The zero-order chi connectivity index (χ0) is 22.3. The summed E-state index contributed by atoms with van der Waals surface area (Å²) in [6, 6.07) is 33.8. The van der Waals surface area contributed by atoms with Crippen molar-refractivity contribution in [1.82, 2.24) is 4.13 Å². The third kappa shape index (κ3) is 3.37. The molecule has 0 atom stereocenters. The van der Waals surface area contributed by atoms with Crippen molar-refractivity contribution >= 4 is 21.1 Å². The summed E-state index contributed by atoms with van der Waals surface area (Å²) >= 11 is -0.828. The molecule has 3 nitrogen and oxygen atoms in total. The van der Waals surface area contributed by atoms with E-state index in [2.05, 4.69) is 47.4 Å². The third-order valence-corrected chi connectivity index (χ3v) is 10.2. The predicted octanol–water partition coefficient (Wildman–Crippen LogP) is 5.59. The minimum Gasteiger partial charge on any atom is -0.203 e. The molecule has 0 bridgehead atoms. The molecule has 4 aromatic rings. The van der Waals surface area contributed by atoms with Gasteiger partial charge in [0.15, 0.2) is 20.9 Å². The number of aryl methyl sites for hydroxylation is 1. The van der Waals surface area contributed by atoms with Crippen molar-refractivity contribution in [1.29, 1.82) is 0 Å². The summed E-state index contributed by atoms with van der Waals surface area (Å²) in [6.07, 6.45) is 0. The molecule has 0 aromatic heterocycles. The van der Waals surface area contributed by atoms with Crippen LogP contribution in [0, 0.1) is 6.92 Å². The lowest BCUT2D eigenvalue weighted by Gasteiger charge is -2.36. The standard InChI is InChI=1S/C27H24NO2S2/c1-20-16-18-22(19-17-20)32(29,30)28-31-25-14-8-6-12-23(25)27(2,21-10-4-3-5-11-21)24-13-7-9-15-26(24)31/h3-19,28H,1-2H3/q+1. The maximum Gasteiger partial charge on any atom is 0.280 e. The normalized spacial score (nSPS) is 19.8. The van der Waals surface area contributed by atoms with Gasteiger partial charge in [0.25, 0.3) is 10.0 Å². The van der Waals surface area contributed by atoms with Crippen LogP contribution < -0.4 is 4.13 Å². The van der Waals surface area contributed by atoms with Gasteiger partial charge in [-0.3, -0.25) is 0 Å². The largest absolute Gasteiger partial charge is 0.280 e. The molecule has 0 saturated heterocycles. The molecule has 1 heterocycles. The number of nitrogens with one attached hydrogen (secondary N) is 1. The SMILES string of the molecule is Cc1ccc(S(=O)(=O)N[S+]2c3ccccc3C(C)(c3ccccc3)c3ccccc32)cc1. The predicted molar refractivity (Wildman–Crippen MR) is 130 cm³/mol. The highest BCUT2D eigenvalue weighted by Gasteiger charge is 2.49. The molecule has 160 valence electrons. The van der Waals surface area contributed by atoms with Crippen LogP contribution in [0.25, 0.3) is 0 Å². The molecule has 0 unspecified atom stereocenters. The molecule has 0 amide bonds. The molecule has 5 rings (SSSR count). The van der Waals surface area contributed by atoms with Crippen molar-refractivity contribution in [2.45, 2.75) is 33.9 Å². The number of sulfonamides is 1. The fourth-order valence-electron chi connectivity index (χ4n) is 4.43. The summed E-state index contributed by atoms with van der Waals surface area (Å²) < 4.78 is 29.7. The highest BCUT2D eigenvalue weighted by atomic mass is 32.3. The molecule has 0 spiro atoms. The summed E-state index contributed by atoms with van der Waals surface area (Å²) in [5, 5.41) is 0. The monoisotopic (exact) mass is 458 g/mol. The topological polar surface area (TPSA) is 46.2 Å². The summed E-state index contributed by atoms with van der Waals surface area (Å²) in [4.78, 5) is 2.29. The molecule has 0 fully saturated rings. The van der Waals surface area contributed by atoms with Crippen LogP contribution in [0.5, 0.6) is 0 Å². The van der Waals surface area contributed by atoms with Crippen molar-refractivity contribution in [2.75, 3.05) is 0 Å². The van der Waals surface area contributed by atoms with Crippen molar-refractivity contribution < 1.29 is 8.42 Å². The van der Waals surface area contributed by atoms with Gasteiger partial charge in [0.1, 0.15) is 0 Å². The summed E-state index contributed by atoms with van der Waals surface area (Å²) in [5.41, 5.74) is 4.08. The number of hydrogen-bond acceptors (Lipinski definition) is 2. The summed E-state index contributed by atoms with van der Waals surface area (Å²) in [6.45, 7) is 4.18. The minimum atomic E-state index is -3.70. The zero-order valence-electron chi connectivity index (χ0n) is 17.9. The van der Waals surface area contributed by atoms with E-state index in [1.807, 2.05) is 61.5 Å². The van der Waals surface area contributed by atoms with Gasteiger partial charge in [-0.1, -0.05) is 84.4 Å². The minimum absolute atomic E-state index is 0.280. The fraction of sp³-hybridized carbons (Fsp3) is 0.111. The van der Waals surface area contributed by atoms with Crippen LogP contribution in [0.1, 0.15) is 29.2 Å². The Morgan fingerprint density at radius 2 is 1.19 bits per heavy atom. The van der Waals surface area contributed by atoms with E-state index < -0.39 is 21.1 Å². The van der Waals surface area contributed by atoms with Crippen LogP contribution >= 0.6 is 0 Å². The lowest BCUT2D eigenvalue weighted by molar-refractivity contribution is 0.593. The van der Waals surface area contributed by atoms with E-state index in [-0.39, 0.29) is 10.3 Å². The van der Waals surface area contributed by atoms with Crippen molar-refractivity contribution in [3.63, 3.8) is 0 Å².